The van der Waals surface area contributed by atoms with Gasteiger partial charge in [-0.2, -0.15) is 0 Å². The number of amides is 4. The lowest BCUT2D eigenvalue weighted by Crippen LogP contribution is -2.59. The molecule has 0 aliphatic heterocycles. The summed E-state index contributed by atoms with van der Waals surface area (Å²) in [4.78, 5) is 54.7. The SMILES string of the molecule is C=Cc1cccc(C(C(=O)Nc2c(C)cccc2Cl)N(C(=O)C(CC(N)=O)NC(=O)OC(C)(C)C)C(C)(C)CC)c1. The Hall–Kier alpha value is -3.85. The van der Waals surface area contributed by atoms with Crippen LogP contribution in [0.3, 0.4) is 0 Å². The van der Waals surface area contributed by atoms with E-state index in [0.29, 0.717) is 22.7 Å². The van der Waals surface area contributed by atoms with E-state index in [2.05, 4.69) is 17.2 Å². The van der Waals surface area contributed by atoms with Crippen LogP contribution in [0.25, 0.3) is 6.08 Å². The van der Waals surface area contributed by atoms with E-state index in [4.69, 9.17) is 22.1 Å². The molecule has 2 unspecified atom stereocenters. The Morgan fingerprint density at radius 2 is 1.73 bits per heavy atom. The third-order valence-electron chi connectivity index (χ3n) is 6.59. The molecule has 2 atom stereocenters. The minimum Gasteiger partial charge on any atom is -0.444 e. The molecule has 0 aromatic heterocycles. The molecule has 41 heavy (non-hydrogen) atoms. The largest absolute Gasteiger partial charge is 0.444 e. The Labute approximate surface area is 247 Å². The fourth-order valence-corrected chi connectivity index (χ4v) is 4.49. The fraction of sp³-hybridized carbons (Fsp3) is 0.419. The zero-order valence-electron chi connectivity index (χ0n) is 24.8. The van der Waals surface area contributed by atoms with Gasteiger partial charge in [0.05, 0.1) is 17.1 Å². The number of halogens is 1. The third-order valence-corrected chi connectivity index (χ3v) is 6.90. The molecule has 0 aliphatic carbocycles. The molecule has 0 bridgehead atoms. The van der Waals surface area contributed by atoms with Gasteiger partial charge in [0.25, 0.3) is 5.91 Å². The average molecular weight is 585 g/mol. The van der Waals surface area contributed by atoms with Crippen molar-refractivity contribution in [1.82, 2.24) is 10.2 Å². The summed E-state index contributed by atoms with van der Waals surface area (Å²) in [5.41, 5.74) is 6.08. The van der Waals surface area contributed by atoms with Crippen molar-refractivity contribution in [2.75, 3.05) is 5.32 Å². The molecule has 0 heterocycles. The monoisotopic (exact) mass is 584 g/mol. The number of alkyl carbamates (subject to hydrolysis) is 1. The number of anilines is 1. The van der Waals surface area contributed by atoms with Crippen LogP contribution in [0.15, 0.2) is 49.0 Å². The van der Waals surface area contributed by atoms with Crippen LogP contribution < -0.4 is 16.4 Å². The second-order valence-corrected chi connectivity index (χ2v) is 11.8. The number of rotatable bonds is 11. The number of hydrogen-bond acceptors (Lipinski definition) is 5. The van der Waals surface area contributed by atoms with E-state index >= 15 is 0 Å². The molecule has 222 valence electrons. The Balaban J connectivity index is 2.73. The molecule has 0 fully saturated rings. The van der Waals surface area contributed by atoms with Gasteiger partial charge in [-0.3, -0.25) is 14.4 Å². The number of primary amides is 1. The van der Waals surface area contributed by atoms with Crippen molar-refractivity contribution in [3.63, 3.8) is 0 Å². The third kappa shape index (κ3) is 9.08. The molecular weight excluding hydrogens is 544 g/mol. The highest BCUT2D eigenvalue weighted by atomic mass is 35.5. The first-order valence-corrected chi connectivity index (χ1v) is 13.8. The molecule has 0 saturated heterocycles. The van der Waals surface area contributed by atoms with Gasteiger partial charge in [-0.1, -0.05) is 61.5 Å². The van der Waals surface area contributed by atoms with Crippen molar-refractivity contribution in [3.8, 4) is 0 Å². The van der Waals surface area contributed by atoms with Gasteiger partial charge in [0.1, 0.15) is 17.7 Å². The molecular formula is C31H41ClN4O5. The number of hydrogen-bond donors (Lipinski definition) is 3. The van der Waals surface area contributed by atoms with Crippen LogP contribution in [0.2, 0.25) is 5.02 Å². The predicted octanol–water partition coefficient (Wildman–Crippen LogP) is 5.76. The molecule has 0 saturated carbocycles. The molecule has 2 rings (SSSR count). The molecule has 0 spiro atoms. The topological polar surface area (TPSA) is 131 Å². The minimum atomic E-state index is -1.40. The summed E-state index contributed by atoms with van der Waals surface area (Å²) in [5.74, 6) is -2.02. The summed E-state index contributed by atoms with van der Waals surface area (Å²) in [6, 6.07) is 9.71. The van der Waals surface area contributed by atoms with Crippen molar-refractivity contribution in [2.24, 2.45) is 5.73 Å². The van der Waals surface area contributed by atoms with Gasteiger partial charge in [0, 0.05) is 5.54 Å². The van der Waals surface area contributed by atoms with E-state index in [0.717, 1.165) is 11.1 Å². The second kappa shape index (κ2) is 13.7. The number of carbonyl (C=O) groups is 4. The van der Waals surface area contributed by atoms with E-state index < -0.39 is 53.5 Å². The predicted molar refractivity (Wildman–Crippen MR) is 162 cm³/mol. The van der Waals surface area contributed by atoms with E-state index in [1.807, 2.05) is 13.0 Å². The van der Waals surface area contributed by atoms with E-state index in [9.17, 15) is 19.2 Å². The van der Waals surface area contributed by atoms with Gasteiger partial charge in [0.2, 0.25) is 11.8 Å². The van der Waals surface area contributed by atoms with Gasteiger partial charge in [0.15, 0.2) is 0 Å². The minimum absolute atomic E-state index is 0.336. The molecule has 10 heteroatoms. The van der Waals surface area contributed by atoms with Crippen molar-refractivity contribution < 1.29 is 23.9 Å². The van der Waals surface area contributed by atoms with Crippen LogP contribution in [0.1, 0.15) is 77.1 Å². The lowest BCUT2D eigenvalue weighted by atomic mass is 9.91. The zero-order chi connectivity index (χ0) is 31.1. The molecule has 4 amide bonds. The van der Waals surface area contributed by atoms with Gasteiger partial charge >= 0.3 is 6.09 Å². The summed E-state index contributed by atoms with van der Waals surface area (Å²) in [5, 5.41) is 5.73. The Morgan fingerprint density at radius 3 is 2.27 bits per heavy atom. The maximum atomic E-state index is 14.4. The van der Waals surface area contributed by atoms with E-state index in [-0.39, 0.29) is 0 Å². The van der Waals surface area contributed by atoms with Crippen molar-refractivity contribution in [1.29, 1.82) is 0 Å². The quantitative estimate of drug-likeness (QED) is 0.309. The standard InChI is InChI=1S/C31H41ClN4O5/c1-9-20-14-12-15-21(17-20)26(27(38)35-25-19(3)13-11-16-22(25)32)36(31(7,8)10-2)28(39)23(18-24(33)37)34-29(40)41-30(4,5)6/h9,11-17,23,26H,1,10,18H2,2-8H3,(H2,33,37)(H,34,40)(H,35,38). The van der Waals surface area contributed by atoms with E-state index in [1.165, 1.54) is 4.90 Å². The number of para-hydroxylation sites is 1. The normalized spacial score (nSPS) is 13.0. The molecule has 0 radical (unpaired) electrons. The van der Waals surface area contributed by atoms with Crippen molar-refractivity contribution >= 4 is 47.2 Å². The summed E-state index contributed by atoms with van der Waals surface area (Å²) in [6.45, 7) is 16.1. The number of nitrogens with two attached hydrogens (primary N) is 1. The number of aryl methyl sites for hydroxylation is 1. The lowest BCUT2D eigenvalue weighted by Gasteiger charge is -2.44. The maximum Gasteiger partial charge on any atom is 0.408 e. The number of benzene rings is 2. The first-order chi connectivity index (χ1) is 19.0. The van der Waals surface area contributed by atoms with Crippen LogP contribution in [0.4, 0.5) is 10.5 Å². The molecule has 4 N–H and O–H groups in total. The molecule has 2 aromatic carbocycles. The highest BCUT2D eigenvalue weighted by Crippen LogP contribution is 2.35. The van der Waals surface area contributed by atoms with Crippen molar-refractivity contribution in [2.45, 2.75) is 84.5 Å². The Kier molecular flexibility index (Phi) is 11.1. The van der Waals surface area contributed by atoms with Crippen LogP contribution in [0, 0.1) is 6.92 Å². The van der Waals surface area contributed by atoms with Crippen LogP contribution in [-0.2, 0) is 19.1 Å². The number of ether oxygens (including phenoxy) is 1. The van der Waals surface area contributed by atoms with Gasteiger partial charge < -0.3 is 26.0 Å². The summed E-state index contributed by atoms with van der Waals surface area (Å²) >= 11 is 6.43. The summed E-state index contributed by atoms with van der Waals surface area (Å²) < 4.78 is 5.34. The first-order valence-electron chi connectivity index (χ1n) is 13.4. The summed E-state index contributed by atoms with van der Waals surface area (Å²) in [7, 11) is 0. The number of carbonyl (C=O) groups excluding carboxylic acids is 4. The molecule has 0 aliphatic rings. The first kappa shape index (κ1) is 33.4. The zero-order valence-corrected chi connectivity index (χ0v) is 25.6. The maximum absolute atomic E-state index is 14.4. The number of nitrogens with zero attached hydrogens (tertiary/aromatic N) is 1. The summed E-state index contributed by atoms with van der Waals surface area (Å²) in [6.07, 6.45) is 0.671. The highest BCUT2D eigenvalue weighted by Gasteiger charge is 2.43. The van der Waals surface area contributed by atoms with Crippen molar-refractivity contribution in [3.05, 3.63) is 70.8 Å². The fourth-order valence-electron chi connectivity index (χ4n) is 4.22. The molecule has 2 aromatic rings. The van der Waals surface area contributed by atoms with Gasteiger partial charge in [-0.15, -0.1) is 0 Å². The van der Waals surface area contributed by atoms with Gasteiger partial charge in [-0.25, -0.2) is 4.79 Å². The van der Waals surface area contributed by atoms with Crippen LogP contribution >= 0.6 is 11.6 Å². The smallest absolute Gasteiger partial charge is 0.408 e. The highest BCUT2D eigenvalue weighted by molar-refractivity contribution is 6.34. The lowest BCUT2D eigenvalue weighted by molar-refractivity contribution is -0.148. The average Bonchev–Trinajstić information content (AvgIpc) is 2.87. The Morgan fingerprint density at radius 1 is 1.10 bits per heavy atom. The van der Waals surface area contributed by atoms with Crippen LogP contribution in [-0.4, -0.2) is 45.9 Å². The Bertz CT molecular complexity index is 1280. The second-order valence-electron chi connectivity index (χ2n) is 11.4. The van der Waals surface area contributed by atoms with E-state index in [1.54, 1.807) is 84.0 Å². The van der Waals surface area contributed by atoms with Crippen LogP contribution in [0.5, 0.6) is 0 Å². The molecule has 9 nitrogen and oxygen atoms in total. The van der Waals surface area contributed by atoms with Gasteiger partial charge in [-0.05, 0) is 76.8 Å². The number of nitrogens with one attached hydrogen (secondary N) is 2.